The van der Waals surface area contributed by atoms with Gasteiger partial charge in [-0.15, -0.1) is 0 Å². The van der Waals surface area contributed by atoms with Gasteiger partial charge in [-0.1, -0.05) is 43.0 Å². The number of primary sulfonamides is 1. The van der Waals surface area contributed by atoms with E-state index in [2.05, 4.69) is 12.2 Å². The lowest BCUT2D eigenvalue weighted by atomic mass is 10.1. The van der Waals surface area contributed by atoms with Crippen LogP contribution in [-0.4, -0.2) is 20.4 Å². The largest absolute Gasteiger partial charge is 0.350 e. The molecule has 1 aromatic rings. The Labute approximate surface area is 134 Å². The predicted octanol–water partition coefficient (Wildman–Crippen LogP) is 2.95. The molecule has 21 heavy (non-hydrogen) atoms. The summed E-state index contributed by atoms with van der Waals surface area (Å²) in [5.74, 6) is -0.454. The summed E-state index contributed by atoms with van der Waals surface area (Å²) >= 11 is 11.7. The molecule has 0 fully saturated rings. The summed E-state index contributed by atoms with van der Waals surface area (Å²) in [6.07, 6.45) is 2.84. The van der Waals surface area contributed by atoms with Gasteiger partial charge in [0.1, 0.15) is 4.90 Å². The molecule has 0 aliphatic carbocycles. The van der Waals surface area contributed by atoms with Crippen molar-refractivity contribution in [2.45, 2.75) is 44.0 Å². The fraction of sp³-hybridized carbons (Fsp3) is 0.462. The van der Waals surface area contributed by atoms with E-state index in [9.17, 15) is 13.2 Å². The van der Waals surface area contributed by atoms with Gasteiger partial charge in [0, 0.05) is 6.04 Å². The number of carbonyl (C=O) groups excluding carboxylic acids is 1. The van der Waals surface area contributed by atoms with Crippen LogP contribution < -0.4 is 10.5 Å². The van der Waals surface area contributed by atoms with E-state index in [1.54, 1.807) is 0 Å². The van der Waals surface area contributed by atoms with E-state index in [0.29, 0.717) is 0 Å². The van der Waals surface area contributed by atoms with Gasteiger partial charge in [0.2, 0.25) is 10.0 Å². The maximum absolute atomic E-state index is 12.2. The van der Waals surface area contributed by atoms with Crippen molar-refractivity contribution < 1.29 is 13.2 Å². The second-order valence-electron chi connectivity index (χ2n) is 4.82. The number of amides is 1. The second-order valence-corrected chi connectivity index (χ2v) is 7.17. The van der Waals surface area contributed by atoms with Gasteiger partial charge in [-0.25, -0.2) is 13.6 Å². The fourth-order valence-corrected chi connectivity index (χ4v) is 3.21. The monoisotopic (exact) mass is 352 g/mol. The number of hydrogen-bond acceptors (Lipinski definition) is 3. The third-order valence-electron chi connectivity index (χ3n) is 2.94. The molecule has 0 radical (unpaired) electrons. The number of unbranched alkanes of at least 4 members (excludes halogenated alkanes) is 1. The smallest absolute Gasteiger partial charge is 0.253 e. The number of hydrogen-bond donors (Lipinski definition) is 2. The number of carbonyl (C=O) groups is 1. The first-order chi connectivity index (χ1) is 9.66. The van der Waals surface area contributed by atoms with E-state index in [0.717, 1.165) is 25.3 Å². The minimum atomic E-state index is -4.02. The predicted molar refractivity (Wildman–Crippen MR) is 84.3 cm³/mol. The van der Waals surface area contributed by atoms with Crippen molar-refractivity contribution in [3.63, 3.8) is 0 Å². The average molecular weight is 353 g/mol. The molecule has 0 aliphatic rings. The summed E-state index contributed by atoms with van der Waals surface area (Å²) in [6.45, 7) is 3.93. The number of sulfonamides is 1. The Morgan fingerprint density at radius 3 is 2.48 bits per heavy atom. The molecule has 3 N–H and O–H groups in total. The topological polar surface area (TPSA) is 89.3 Å². The molecule has 0 saturated heterocycles. The first-order valence-corrected chi connectivity index (χ1v) is 8.79. The number of benzene rings is 1. The molecule has 118 valence electrons. The lowest BCUT2D eigenvalue weighted by molar-refractivity contribution is 0.0938. The second kappa shape index (κ2) is 7.45. The van der Waals surface area contributed by atoms with Gasteiger partial charge in [-0.2, -0.15) is 0 Å². The Morgan fingerprint density at radius 2 is 1.95 bits per heavy atom. The lowest BCUT2D eigenvalue weighted by Gasteiger charge is -2.15. The number of nitrogens with one attached hydrogen (secondary N) is 1. The highest BCUT2D eigenvalue weighted by molar-refractivity contribution is 7.89. The normalized spacial score (nSPS) is 13.0. The van der Waals surface area contributed by atoms with Gasteiger partial charge >= 0.3 is 0 Å². The third-order valence-corrected chi connectivity index (χ3v) is 4.63. The summed E-state index contributed by atoms with van der Waals surface area (Å²) in [5.41, 5.74) is 0.0356. The molecule has 1 aromatic carbocycles. The number of halogens is 2. The molecule has 1 unspecified atom stereocenters. The average Bonchev–Trinajstić information content (AvgIpc) is 2.34. The van der Waals surface area contributed by atoms with Crippen molar-refractivity contribution in [1.82, 2.24) is 5.32 Å². The molecule has 0 aromatic heterocycles. The zero-order valence-electron chi connectivity index (χ0n) is 11.8. The summed E-state index contributed by atoms with van der Waals surface area (Å²) in [5, 5.41) is 7.79. The molecule has 1 atom stereocenters. The molecule has 0 aliphatic heterocycles. The maximum Gasteiger partial charge on any atom is 0.253 e. The van der Waals surface area contributed by atoms with Crippen LogP contribution in [0.2, 0.25) is 10.0 Å². The van der Waals surface area contributed by atoms with E-state index < -0.39 is 15.9 Å². The van der Waals surface area contributed by atoms with Crippen molar-refractivity contribution in [3.05, 3.63) is 27.7 Å². The summed E-state index contributed by atoms with van der Waals surface area (Å²) in [6, 6.07) is 2.26. The van der Waals surface area contributed by atoms with Crippen LogP contribution in [-0.2, 0) is 10.0 Å². The van der Waals surface area contributed by atoms with Crippen LogP contribution >= 0.6 is 23.2 Å². The fourth-order valence-electron chi connectivity index (χ4n) is 1.81. The van der Waals surface area contributed by atoms with Crippen molar-refractivity contribution in [3.8, 4) is 0 Å². The van der Waals surface area contributed by atoms with Gasteiger partial charge < -0.3 is 5.32 Å². The van der Waals surface area contributed by atoms with Gasteiger partial charge in [0.15, 0.2) is 0 Å². The van der Waals surface area contributed by atoms with Crippen molar-refractivity contribution >= 4 is 39.1 Å². The molecule has 1 rings (SSSR count). The maximum atomic E-state index is 12.2. The Morgan fingerprint density at radius 1 is 1.33 bits per heavy atom. The zero-order chi connectivity index (χ0) is 16.2. The Bertz CT molecular complexity index is 633. The molecule has 0 spiro atoms. The summed E-state index contributed by atoms with van der Waals surface area (Å²) < 4.78 is 22.8. The molecular weight excluding hydrogens is 335 g/mol. The van der Waals surface area contributed by atoms with Crippen molar-refractivity contribution in [2.75, 3.05) is 0 Å². The van der Waals surface area contributed by atoms with E-state index in [1.165, 1.54) is 6.07 Å². The van der Waals surface area contributed by atoms with E-state index >= 15 is 0 Å². The number of rotatable bonds is 6. The molecular formula is C13H18Cl2N2O3S. The minimum Gasteiger partial charge on any atom is -0.350 e. The minimum absolute atomic E-state index is 0.0356. The summed E-state index contributed by atoms with van der Waals surface area (Å²) in [4.78, 5) is 11.8. The van der Waals surface area contributed by atoms with E-state index in [1.807, 2.05) is 6.92 Å². The highest BCUT2D eigenvalue weighted by Gasteiger charge is 2.20. The SMILES string of the molecule is CCCCC(C)NC(=O)c1cc(S(N)(=O)=O)c(Cl)cc1Cl. The first kappa shape index (κ1) is 18.2. The van der Waals surface area contributed by atoms with Crippen LogP contribution in [0.3, 0.4) is 0 Å². The van der Waals surface area contributed by atoms with Gasteiger partial charge in [0.25, 0.3) is 5.91 Å². The summed E-state index contributed by atoms with van der Waals surface area (Å²) in [7, 11) is -4.02. The van der Waals surface area contributed by atoms with Crippen molar-refractivity contribution in [2.24, 2.45) is 5.14 Å². The van der Waals surface area contributed by atoms with Crippen LogP contribution in [0.5, 0.6) is 0 Å². The Kier molecular flexibility index (Phi) is 6.46. The molecule has 8 heteroatoms. The number of nitrogens with two attached hydrogens (primary N) is 1. The molecule has 0 heterocycles. The van der Waals surface area contributed by atoms with Crippen molar-refractivity contribution in [1.29, 1.82) is 0 Å². The Balaban J connectivity index is 3.05. The van der Waals surface area contributed by atoms with E-state index in [4.69, 9.17) is 28.3 Å². The van der Waals surface area contributed by atoms with E-state index in [-0.39, 0.29) is 26.5 Å². The standard InChI is InChI=1S/C13H18Cl2N2O3S/c1-3-4-5-8(2)17-13(18)9-6-12(21(16,19)20)11(15)7-10(9)14/h6-8H,3-5H2,1-2H3,(H,17,18)(H2,16,19,20). The molecule has 0 saturated carbocycles. The first-order valence-electron chi connectivity index (χ1n) is 6.49. The molecule has 5 nitrogen and oxygen atoms in total. The Hall–Kier alpha value is -0.820. The van der Waals surface area contributed by atoms with Crippen LogP contribution in [0.4, 0.5) is 0 Å². The zero-order valence-corrected chi connectivity index (χ0v) is 14.1. The highest BCUT2D eigenvalue weighted by atomic mass is 35.5. The lowest BCUT2D eigenvalue weighted by Crippen LogP contribution is -2.32. The third kappa shape index (κ3) is 5.14. The van der Waals surface area contributed by atoms with Gasteiger partial charge in [-0.3, -0.25) is 4.79 Å². The molecule has 0 bridgehead atoms. The molecule has 1 amide bonds. The van der Waals surface area contributed by atoms with Crippen LogP contribution in [0.1, 0.15) is 43.5 Å². The highest BCUT2D eigenvalue weighted by Crippen LogP contribution is 2.28. The van der Waals surface area contributed by atoms with Gasteiger partial charge in [0.05, 0.1) is 15.6 Å². The van der Waals surface area contributed by atoms with Gasteiger partial charge in [-0.05, 0) is 25.5 Å². The van der Waals surface area contributed by atoms with Crippen LogP contribution in [0.15, 0.2) is 17.0 Å². The van der Waals surface area contributed by atoms with Crippen LogP contribution in [0.25, 0.3) is 0 Å². The van der Waals surface area contributed by atoms with Crippen LogP contribution in [0, 0.1) is 0 Å². The quantitative estimate of drug-likeness (QED) is 0.824.